The largest absolute Gasteiger partial charge is 0.468 e. The monoisotopic (exact) mass is 355 g/mol. The first-order chi connectivity index (χ1) is 8.03. The average molecular weight is 355 g/mol. The number of alkyl halides is 1. The molecule has 17 heavy (non-hydrogen) atoms. The maximum Gasteiger partial charge on any atom is 0.320 e. The molecule has 1 amide bonds. The van der Waals surface area contributed by atoms with Crippen LogP contribution in [0.3, 0.4) is 0 Å². The van der Waals surface area contributed by atoms with Crippen LogP contribution in [-0.2, 0) is 19.1 Å². The van der Waals surface area contributed by atoms with E-state index in [1.165, 1.54) is 7.11 Å². The Bertz CT molecular complexity index is 286. The Morgan fingerprint density at radius 2 is 2.06 bits per heavy atom. The van der Waals surface area contributed by atoms with Crippen LogP contribution in [0, 0.1) is 0 Å². The lowest BCUT2D eigenvalue weighted by Gasteiger charge is -2.39. The zero-order valence-electron chi connectivity index (χ0n) is 10.1. The molecule has 0 spiro atoms. The molecule has 0 aromatic carbocycles. The van der Waals surface area contributed by atoms with Gasteiger partial charge in [-0.1, -0.05) is 22.6 Å². The number of carbonyl (C=O) groups excluding carboxylic acids is 2. The summed E-state index contributed by atoms with van der Waals surface area (Å²) >= 11 is 1.95. The molecular formula is C11H18INO4. The Morgan fingerprint density at radius 1 is 1.41 bits per heavy atom. The predicted octanol–water partition coefficient (Wildman–Crippen LogP) is 1.04. The van der Waals surface area contributed by atoms with E-state index in [0.717, 1.165) is 19.3 Å². The third-order valence-corrected chi connectivity index (χ3v) is 4.06. The summed E-state index contributed by atoms with van der Waals surface area (Å²) in [6.07, 6.45) is 3.34. The number of halogens is 1. The first kappa shape index (κ1) is 14.7. The molecule has 1 unspecified atom stereocenters. The van der Waals surface area contributed by atoms with Crippen LogP contribution in [-0.4, -0.2) is 42.2 Å². The van der Waals surface area contributed by atoms with Gasteiger partial charge in [0.15, 0.2) is 0 Å². The summed E-state index contributed by atoms with van der Waals surface area (Å²) in [5.41, 5.74) is -0.268. The van der Waals surface area contributed by atoms with Crippen molar-refractivity contribution in [2.24, 2.45) is 0 Å². The number of hydrogen-bond donors (Lipinski definition) is 1. The second-order valence-corrected chi connectivity index (χ2v) is 5.72. The number of hydrogen-bond acceptors (Lipinski definition) is 4. The Hall–Kier alpha value is -0.370. The molecule has 1 aliphatic rings. The molecule has 1 N–H and O–H groups in total. The highest BCUT2D eigenvalue weighted by Crippen LogP contribution is 2.37. The first-order valence-electron chi connectivity index (χ1n) is 5.57. The Balaban J connectivity index is 2.28. The van der Waals surface area contributed by atoms with Crippen molar-refractivity contribution >= 4 is 34.5 Å². The maximum atomic E-state index is 11.7. The van der Waals surface area contributed by atoms with Gasteiger partial charge >= 0.3 is 5.97 Å². The molecule has 1 fully saturated rings. The molecule has 6 heteroatoms. The molecule has 1 atom stereocenters. The van der Waals surface area contributed by atoms with Crippen LogP contribution in [0.2, 0.25) is 0 Å². The van der Waals surface area contributed by atoms with Gasteiger partial charge in [-0.2, -0.15) is 0 Å². The normalized spacial score (nSPS) is 19.0. The third kappa shape index (κ3) is 4.09. The zero-order chi connectivity index (χ0) is 12.9. The van der Waals surface area contributed by atoms with Crippen LogP contribution in [0.1, 0.15) is 25.7 Å². The molecule has 0 saturated heterocycles. The lowest BCUT2D eigenvalue weighted by molar-refractivity contribution is -0.139. The summed E-state index contributed by atoms with van der Waals surface area (Å²) < 4.78 is 9.60. The molecule has 1 rings (SSSR count). The fraction of sp³-hybridized carbons (Fsp3) is 0.818. The molecule has 5 nitrogen and oxygen atoms in total. The van der Waals surface area contributed by atoms with E-state index in [1.54, 1.807) is 7.11 Å². The Morgan fingerprint density at radius 3 is 2.47 bits per heavy atom. The summed E-state index contributed by atoms with van der Waals surface area (Å²) in [5.74, 6) is -0.395. The zero-order valence-corrected chi connectivity index (χ0v) is 12.3. The summed E-state index contributed by atoms with van der Waals surface area (Å²) in [7, 11) is 2.98. The number of ether oxygens (including phenoxy) is 2. The van der Waals surface area contributed by atoms with E-state index in [2.05, 4.69) is 10.1 Å². The van der Waals surface area contributed by atoms with E-state index in [0.29, 0.717) is 13.0 Å². The summed E-state index contributed by atoms with van der Waals surface area (Å²) in [6, 6.07) is 0. The van der Waals surface area contributed by atoms with Crippen molar-refractivity contribution in [3.05, 3.63) is 0 Å². The molecule has 1 saturated carbocycles. The van der Waals surface area contributed by atoms with Crippen molar-refractivity contribution < 1.29 is 19.1 Å². The van der Waals surface area contributed by atoms with Gasteiger partial charge in [0.2, 0.25) is 5.91 Å². The summed E-state index contributed by atoms with van der Waals surface area (Å²) in [5, 5.41) is 2.73. The number of rotatable bonds is 6. The van der Waals surface area contributed by atoms with E-state index in [4.69, 9.17) is 4.74 Å². The van der Waals surface area contributed by atoms with E-state index in [9.17, 15) is 9.59 Å². The van der Waals surface area contributed by atoms with Crippen LogP contribution >= 0.6 is 22.6 Å². The minimum atomic E-state index is -0.346. The second kappa shape index (κ2) is 6.53. The molecular weight excluding hydrogens is 337 g/mol. The van der Waals surface area contributed by atoms with Gasteiger partial charge in [0.25, 0.3) is 0 Å². The first-order valence-corrected chi connectivity index (χ1v) is 6.81. The highest BCUT2D eigenvalue weighted by atomic mass is 127. The quantitative estimate of drug-likeness (QED) is 0.439. The van der Waals surface area contributed by atoms with Crippen LogP contribution in [0.5, 0.6) is 0 Å². The number of methoxy groups -OCH3 is 2. The van der Waals surface area contributed by atoms with E-state index >= 15 is 0 Å². The van der Waals surface area contributed by atoms with Gasteiger partial charge in [0, 0.05) is 13.7 Å². The van der Waals surface area contributed by atoms with Gasteiger partial charge in [-0.3, -0.25) is 9.59 Å². The van der Waals surface area contributed by atoms with Crippen molar-refractivity contribution in [1.82, 2.24) is 5.32 Å². The van der Waals surface area contributed by atoms with Crippen LogP contribution in [0.4, 0.5) is 0 Å². The number of amides is 1. The molecule has 0 heterocycles. The van der Waals surface area contributed by atoms with Crippen LogP contribution in [0.25, 0.3) is 0 Å². The smallest absolute Gasteiger partial charge is 0.320 e. The SMILES string of the molecule is COC(=O)C(I)CNC(=O)CC1(OC)CCC1. The van der Waals surface area contributed by atoms with Gasteiger partial charge in [-0.15, -0.1) is 0 Å². The topological polar surface area (TPSA) is 64.6 Å². The fourth-order valence-corrected chi connectivity index (χ4v) is 2.27. The minimum absolute atomic E-state index is 0.0721. The molecule has 0 radical (unpaired) electrons. The fourth-order valence-electron chi connectivity index (χ4n) is 1.79. The standard InChI is InChI=1S/C11H18INO4/c1-16-10(15)8(12)7-13-9(14)6-11(17-2)4-3-5-11/h8H,3-7H2,1-2H3,(H,13,14). The van der Waals surface area contributed by atoms with E-state index < -0.39 is 0 Å². The van der Waals surface area contributed by atoms with Gasteiger partial charge < -0.3 is 14.8 Å². The van der Waals surface area contributed by atoms with Crippen molar-refractivity contribution in [3.8, 4) is 0 Å². The minimum Gasteiger partial charge on any atom is -0.468 e. The molecule has 0 aromatic rings. The van der Waals surface area contributed by atoms with Crippen molar-refractivity contribution in [2.75, 3.05) is 20.8 Å². The average Bonchev–Trinajstić information content (AvgIpc) is 2.29. The van der Waals surface area contributed by atoms with Crippen LogP contribution < -0.4 is 5.32 Å². The Labute approximate surface area is 115 Å². The third-order valence-electron chi connectivity index (χ3n) is 3.12. The molecule has 1 aliphatic carbocycles. The van der Waals surface area contributed by atoms with E-state index in [-0.39, 0.29) is 21.4 Å². The highest BCUT2D eigenvalue weighted by Gasteiger charge is 2.39. The van der Waals surface area contributed by atoms with Crippen molar-refractivity contribution in [1.29, 1.82) is 0 Å². The predicted molar refractivity (Wildman–Crippen MR) is 71.0 cm³/mol. The lowest BCUT2D eigenvalue weighted by Crippen LogP contribution is -2.45. The number of esters is 1. The maximum absolute atomic E-state index is 11.7. The summed E-state index contributed by atoms with van der Waals surface area (Å²) in [6.45, 7) is 0.297. The van der Waals surface area contributed by atoms with Crippen molar-refractivity contribution in [3.63, 3.8) is 0 Å². The number of carbonyl (C=O) groups is 2. The molecule has 0 bridgehead atoms. The van der Waals surface area contributed by atoms with Gasteiger partial charge in [-0.05, 0) is 19.3 Å². The van der Waals surface area contributed by atoms with Gasteiger partial charge in [0.05, 0.1) is 19.1 Å². The number of nitrogens with one attached hydrogen (secondary N) is 1. The molecule has 0 aromatic heterocycles. The molecule has 0 aliphatic heterocycles. The lowest BCUT2D eigenvalue weighted by atomic mass is 9.77. The van der Waals surface area contributed by atoms with Crippen LogP contribution in [0.15, 0.2) is 0 Å². The molecule has 98 valence electrons. The second-order valence-electron chi connectivity index (χ2n) is 4.21. The Kier molecular flexibility index (Phi) is 5.64. The summed E-state index contributed by atoms with van der Waals surface area (Å²) in [4.78, 5) is 22.8. The van der Waals surface area contributed by atoms with E-state index in [1.807, 2.05) is 22.6 Å². The van der Waals surface area contributed by atoms with Gasteiger partial charge in [-0.25, -0.2) is 0 Å². The van der Waals surface area contributed by atoms with Gasteiger partial charge in [0.1, 0.15) is 3.92 Å². The highest BCUT2D eigenvalue weighted by molar-refractivity contribution is 14.1. The van der Waals surface area contributed by atoms with Crippen molar-refractivity contribution in [2.45, 2.75) is 35.2 Å².